The third-order valence-corrected chi connectivity index (χ3v) is 10.7. The van der Waals surface area contributed by atoms with Crippen molar-refractivity contribution >= 4 is 15.9 Å². The zero-order valence-corrected chi connectivity index (χ0v) is 20.6. The van der Waals surface area contributed by atoms with Gasteiger partial charge in [0.1, 0.15) is 0 Å². The molecule has 5 heteroatoms. The second-order valence-corrected chi connectivity index (χ2v) is 13.1. The lowest BCUT2D eigenvalue weighted by Crippen LogP contribution is -2.72. The molecular weight excluding hydrogens is 456 g/mol. The van der Waals surface area contributed by atoms with Gasteiger partial charge in [0, 0.05) is 45.0 Å². The van der Waals surface area contributed by atoms with E-state index in [0.717, 1.165) is 38.5 Å². The van der Waals surface area contributed by atoms with Gasteiger partial charge in [-0.15, -0.1) is 0 Å². The van der Waals surface area contributed by atoms with Crippen LogP contribution in [0.1, 0.15) is 85.0 Å². The van der Waals surface area contributed by atoms with Crippen LogP contribution in [0.4, 0.5) is 0 Å². The van der Waals surface area contributed by atoms with Crippen molar-refractivity contribution in [2.45, 2.75) is 102 Å². The quantitative estimate of drug-likeness (QED) is 0.250. The highest BCUT2D eigenvalue weighted by atomic mass is 79.9. The molecule has 4 fully saturated rings. The van der Waals surface area contributed by atoms with Gasteiger partial charge in [0.25, 0.3) is 0 Å². The molecule has 0 radical (unpaired) electrons. The molecule has 5 rings (SSSR count). The van der Waals surface area contributed by atoms with Crippen LogP contribution in [0.25, 0.3) is 0 Å². The summed E-state index contributed by atoms with van der Waals surface area (Å²) in [4.78, 5) is 2.83. The lowest BCUT2D eigenvalue weighted by atomic mass is 9.37. The molecule has 0 saturated heterocycles. The van der Waals surface area contributed by atoms with Gasteiger partial charge in [-0.3, -0.25) is 0 Å². The zero-order valence-electron chi connectivity index (χ0n) is 19.0. The molecule has 0 unspecified atom stereocenters. The second-order valence-electron chi connectivity index (χ2n) is 12.7. The zero-order chi connectivity index (χ0) is 22.5. The molecule has 4 nitrogen and oxygen atoms in total. The predicted octanol–water partition coefficient (Wildman–Crippen LogP) is 4.25. The average molecular weight is 493 g/mol. The predicted molar refractivity (Wildman–Crippen MR) is 123 cm³/mol. The maximum Gasteiger partial charge on any atom is 0.169 e. The first kappa shape index (κ1) is 22.4. The van der Waals surface area contributed by atoms with E-state index in [4.69, 9.17) is 0 Å². The van der Waals surface area contributed by atoms with Crippen LogP contribution in [0.2, 0.25) is 0 Å². The van der Waals surface area contributed by atoms with Crippen molar-refractivity contribution in [3.63, 3.8) is 0 Å². The molecule has 0 aliphatic heterocycles. The number of hydrogen-bond donors (Lipinski definition) is 4. The fraction of sp³-hybridized carbons (Fsp3) is 0.846. The third-order valence-electron chi connectivity index (χ3n) is 10.4. The molecule has 0 heterocycles. The summed E-state index contributed by atoms with van der Waals surface area (Å²) >= 11 is 3.23. The Labute approximate surface area is 194 Å². The molecule has 0 aromatic heterocycles. The molecule has 31 heavy (non-hydrogen) atoms. The summed E-state index contributed by atoms with van der Waals surface area (Å²) in [5.41, 5.74) is -1.23. The van der Waals surface area contributed by atoms with E-state index in [2.05, 4.69) is 53.5 Å². The van der Waals surface area contributed by atoms with Gasteiger partial charge < -0.3 is 20.4 Å². The lowest BCUT2D eigenvalue weighted by molar-refractivity contribution is -0.357. The third kappa shape index (κ3) is 2.81. The van der Waals surface area contributed by atoms with Crippen LogP contribution < -0.4 is 0 Å². The first-order chi connectivity index (χ1) is 14.3. The van der Waals surface area contributed by atoms with Crippen molar-refractivity contribution in [3.05, 3.63) is 11.6 Å². The molecule has 5 aliphatic carbocycles. The van der Waals surface area contributed by atoms with Crippen molar-refractivity contribution in [2.24, 2.45) is 33.5 Å². The van der Waals surface area contributed by atoms with Gasteiger partial charge in [0.05, 0.1) is 11.7 Å². The SMILES string of the molecule is CC1(C)CC2(C1)C[C@]1(O)CC[C@@H]3C(=CC[C@]4(C)[C@@H](O)CC[C@@H]34)[C@@]1(CC#CBr)CC2(O)O. The summed E-state index contributed by atoms with van der Waals surface area (Å²) in [5.74, 6) is 1.99. The fourth-order valence-electron chi connectivity index (χ4n) is 9.24. The topological polar surface area (TPSA) is 80.9 Å². The first-order valence-corrected chi connectivity index (χ1v) is 12.8. The highest BCUT2D eigenvalue weighted by molar-refractivity contribution is 9.12. The molecule has 0 amide bonds. The van der Waals surface area contributed by atoms with Crippen molar-refractivity contribution < 1.29 is 20.4 Å². The maximum atomic E-state index is 12.3. The standard InChI is InChI=1S/C26H37BrO4/c1-21(2)13-23(14-21)15-25(29)11-7-17-18-5-6-20(28)22(18,3)10-8-19(17)24(25,9-4-12-27)16-26(23,30)31/h8,17-18,20,28-31H,5-7,9-11,13-16H2,1-3H3/t17-,18-,20-,22-,24+,25+/m0/s1. The van der Waals surface area contributed by atoms with Crippen LogP contribution in [0.15, 0.2) is 11.6 Å². The van der Waals surface area contributed by atoms with Crippen molar-refractivity contribution in [1.29, 1.82) is 0 Å². The molecule has 1 spiro atoms. The number of hydrogen-bond acceptors (Lipinski definition) is 4. The molecule has 0 aromatic carbocycles. The minimum Gasteiger partial charge on any atom is -0.393 e. The van der Waals surface area contributed by atoms with Crippen LogP contribution in [-0.2, 0) is 0 Å². The van der Waals surface area contributed by atoms with Crippen LogP contribution in [0.5, 0.6) is 0 Å². The minimum atomic E-state index is -1.82. The minimum absolute atomic E-state index is 0.0752. The molecule has 4 N–H and O–H groups in total. The Morgan fingerprint density at radius 1 is 1.03 bits per heavy atom. The monoisotopic (exact) mass is 492 g/mol. The highest BCUT2D eigenvalue weighted by Gasteiger charge is 2.74. The van der Waals surface area contributed by atoms with Gasteiger partial charge in [-0.2, -0.15) is 0 Å². The van der Waals surface area contributed by atoms with Crippen molar-refractivity contribution in [2.75, 3.05) is 0 Å². The van der Waals surface area contributed by atoms with Crippen molar-refractivity contribution in [3.8, 4) is 10.8 Å². The van der Waals surface area contributed by atoms with Gasteiger partial charge in [0.15, 0.2) is 5.79 Å². The molecule has 0 bridgehead atoms. The van der Waals surface area contributed by atoms with E-state index in [1.165, 1.54) is 5.57 Å². The smallest absolute Gasteiger partial charge is 0.169 e. The Morgan fingerprint density at radius 2 is 1.74 bits per heavy atom. The first-order valence-electron chi connectivity index (χ1n) is 12.0. The Bertz CT molecular complexity index is 874. The van der Waals surface area contributed by atoms with Crippen LogP contribution >= 0.6 is 15.9 Å². The van der Waals surface area contributed by atoms with E-state index >= 15 is 0 Å². The number of fused-ring (bicyclic) bond motifs is 5. The summed E-state index contributed by atoms with van der Waals surface area (Å²) in [5, 5.41) is 46.0. The molecule has 5 aliphatic rings. The summed E-state index contributed by atoms with van der Waals surface area (Å²) in [6, 6.07) is 0. The summed E-state index contributed by atoms with van der Waals surface area (Å²) in [7, 11) is 0. The average Bonchev–Trinajstić information content (AvgIpc) is 2.95. The van der Waals surface area contributed by atoms with E-state index in [1.807, 2.05) is 0 Å². The highest BCUT2D eigenvalue weighted by Crippen LogP contribution is 2.74. The van der Waals surface area contributed by atoms with Gasteiger partial charge in [-0.25, -0.2) is 0 Å². The van der Waals surface area contributed by atoms with E-state index in [-0.39, 0.29) is 29.3 Å². The Kier molecular flexibility index (Phi) is 4.77. The number of aliphatic hydroxyl groups excluding tert-OH is 1. The normalized spacial score (nSPS) is 48.4. The number of allylic oxidation sites excluding steroid dienone is 1. The largest absolute Gasteiger partial charge is 0.393 e. The lowest BCUT2D eigenvalue weighted by Gasteiger charge is -2.70. The Morgan fingerprint density at radius 3 is 2.39 bits per heavy atom. The number of halogens is 1. The fourth-order valence-corrected chi connectivity index (χ4v) is 9.38. The maximum absolute atomic E-state index is 12.3. The number of aliphatic hydroxyl groups is 4. The summed E-state index contributed by atoms with van der Waals surface area (Å²) < 4.78 is 0. The Hall–Kier alpha value is -0.380. The molecule has 6 atom stereocenters. The molecule has 172 valence electrons. The van der Waals surface area contributed by atoms with E-state index in [0.29, 0.717) is 25.2 Å². The number of rotatable bonds is 1. The molecular formula is C26H37BrO4. The molecule has 0 aromatic rings. The van der Waals surface area contributed by atoms with Gasteiger partial charge in [0.2, 0.25) is 0 Å². The van der Waals surface area contributed by atoms with Crippen LogP contribution in [0, 0.1) is 44.2 Å². The van der Waals surface area contributed by atoms with E-state index in [9.17, 15) is 20.4 Å². The van der Waals surface area contributed by atoms with Gasteiger partial charge in [-0.1, -0.05) is 38.3 Å². The summed E-state index contributed by atoms with van der Waals surface area (Å²) in [6.45, 7) is 6.55. The van der Waals surface area contributed by atoms with E-state index < -0.39 is 22.2 Å². The second kappa shape index (κ2) is 6.60. The van der Waals surface area contributed by atoms with Crippen LogP contribution in [-0.4, -0.2) is 37.9 Å². The van der Waals surface area contributed by atoms with E-state index in [1.54, 1.807) is 0 Å². The molecule has 4 saturated carbocycles. The Balaban J connectivity index is 1.61. The van der Waals surface area contributed by atoms with Gasteiger partial charge in [-0.05, 0) is 73.4 Å². The van der Waals surface area contributed by atoms with Gasteiger partial charge >= 0.3 is 0 Å². The van der Waals surface area contributed by atoms with Crippen molar-refractivity contribution in [1.82, 2.24) is 0 Å². The van der Waals surface area contributed by atoms with Crippen LogP contribution in [0.3, 0.4) is 0 Å². The summed E-state index contributed by atoms with van der Waals surface area (Å²) in [6.07, 6.45) is 8.59.